The molecule has 5 heteroatoms. The van der Waals surface area contributed by atoms with Gasteiger partial charge in [-0.25, -0.2) is 0 Å². The van der Waals surface area contributed by atoms with Gasteiger partial charge in [-0.15, -0.1) is 0 Å². The Hall–Kier alpha value is -0.720. The predicted molar refractivity (Wildman–Crippen MR) is 68.0 cm³/mol. The Bertz CT molecular complexity index is 359. The van der Waals surface area contributed by atoms with Crippen molar-refractivity contribution in [3.05, 3.63) is 29.8 Å². The van der Waals surface area contributed by atoms with E-state index in [-0.39, 0.29) is 0 Å². The lowest BCUT2D eigenvalue weighted by atomic mass is 10.1. The summed E-state index contributed by atoms with van der Waals surface area (Å²) in [6.45, 7) is 2.06. The zero-order valence-electron chi connectivity index (χ0n) is 8.77. The Labute approximate surface area is 107 Å². The van der Waals surface area contributed by atoms with E-state index in [1.165, 1.54) is 0 Å². The summed E-state index contributed by atoms with van der Waals surface area (Å²) in [5.74, 6) is -1.30. The van der Waals surface area contributed by atoms with Crippen LogP contribution >= 0.6 is 22.6 Å². The number of nitrogens with one attached hydrogen (secondary N) is 1. The number of carbonyl (C=O) groups is 1. The first-order chi connectivity index (χ1) is 7.43. The van der Waals surface area contributed by atoms with Crippen LogP contribution in [0.25, 0.3) is 0 Å². The Morgan fingerprint density at radius 2 is 1.94 bits per heavy atom. The molecule has 0 spiro atoms. The minimum Gasteiger partial charge on any atom is -0.320 e. The van der Waals surface area contributed by atoms with E-state index in [9.17, 15) is 13.6 Å². The summed E-state index contributed by atoms with van der Waals surface area (Å²) >= 11 is 0.804. The number of anilines is 1. The molecule has 1 rings (SSSR count). The summed E-state index contributed by atoms with van der Waals surface area (Å²) in [6.07, 6.45) is 1.97. The van der Waals surface area contributed by atoms with Gasteiger partial charge in [0.15, 0.2) is 0 Å². The summed E-state index contributed by atoms with van der Waals surface area (Å²) in [5, 5.41) is 2.15. The van der Waals surface area contributed by atoms with Crippen LogP contribution < -0.4 is 5.32 Å². The maximum Gasteiger partial charge on any atom is 0.372 e. The fourth-order valence-corrected chi connectivity index (χ4v) is 1.38. The molecule has 0 saturated heterocycles. The second-order valence-corrected chi connectivity index (χ2v) is 4.75. The van der Waals surface area contributed by atoms with E-state index < -0.39 is 9.84 Å². The fourth-order valence-electron chi connectivity index (χ4n) is 1.25. The molecule has 0 heterocycles. The fraction of sp³-hybridized carbons (Fsp3) is 0.364. The van der Waals surface area contributed by atoms with E-state index in [2.05, 4.69) is 12.2 Å². The average Bonchev–Trinajstić information content (AvgIpc) is 2.20. The minimum absolute atomic E-state index is 0.390. The standard InChI is InChI=1S/C11H12F2INO/c1-2-3-8-4-6-9(7-5-8)15-10(16)11(12,13)14/h4-7H,2-3H2,1H3,(H,15,16). The molecule has 1 N–H and O–H groups in total. The summed E-state index contributed by atoms with van der Waals surface area (Å²) in [4.78, 5) is 11.0. The molecule has 0 aromatic heterocycles. The van der Waals surface area contributed by atoms with Crippen molar-refractivity contribution in [3.8, 4) is 0 Å². The molecule has 0 fully saturated rings. The minimum atomic E-state index is -3.38. The molecule has 0 aliphatic heterocycles. The van der Waals surface area contributed by atoms with Gasteiger partial charge in [-0.05, 0) is 24.1 Å². The van der Waals surface area contributed by atoms with Gasteiger partial charge in [0.25, 0.3) is 0 Å². The van der Waals surface area contributed by atoms with Crippen LogP contribution in [0.4, 0.5) is 14.5 Å². The van der Waals surface area contributed by atoms with E-state index in [4.69, 9.17) is 0 Å². The van der Waals surface area contributed by atoms with Crippen LogP contribution in [0, 0.1) is 0 Å². The monoisotopic (exact) mass is 339 g/mol. The molecule has 0 aliphatic rings. The van der Waals surface area contributed by atoms with Gasteiger partial charge >= 0.3 is 9.84 Å². The van der Waals surface area contributed by atoms with Crippen LogP contribution in [0.2, 0.25) is 0 Å². The molecular weight excluding hydrogens is 327 g/mol. The van der Waals surface area contributed by atoms with Crippen LogP contribution in [-0.4, -0.2) is 9.84 Å². The first kappa shape index (κ1) is 13.3. The Kier molecular flexibility index (Phi) is 4.64. The molecule has 16 heavy (non-hydrogen) atoms. The van der Waals surface area contributed by atoms with Gasteiger partial charge in [0.2, 0.25) is 0 Å². The third kappa shape index (κ3) is 4.03. The van der Waals surface area contributed by atoms with E-state index >= 15 is 0 Å². The highest BCUT2D eigenvalue weighted by molar-refractivity contribution is 14.1. The van der Waals surface area contributed by atoms with Crippen LogP contribution in [0.1, 0.15) is 18.9 Å². The van der Waals surface area contributed by atoms with Crippen molar-refractivity contribution < 1.29 is 13.6 Å². The van der Waals surface area contributed by atoms with Gasteiger partial charge in [0.05, 0.1) is 0 Å². The maximum absolute atomic E-state index is 12.6. The van der Waals surface area contributed by atoms with Crippen molar-refractivity contribution in [1.82, 2.24) is 0 Å². The maximum atomic E-state index is 12.6. The largest absolute Gasteiger partial charge is 0.372 e. The van der Waals surface area contributed by atoms with Crippen molar-refractivity contribution in [1.29, 1.82) is 0 Å². The van der Waals surface area contributed by atoms with Gasteiger partial charge in [-0.3, -0.25) is 4.79 Å². The number of aryl methyl sites for hydroxylation is 1. The molecule has 2 nitrogen and oxygen atoms in total. The lowest BCUT2D eigenvalue weighted by molar-refractivity contribution is -0.127. The third-order valence-corrected chi connectivity index (χ3v) is 2.50. The molecule has 88 valence electrons. The first-order valence-corrected chi connectivity index (χ1v) is 5.98. The van der Waals surface area contributed by atoms with E-state index in [1.807, 2.05) is 12.1 Å². The second-order valence-electron chi connectivity index (χ2n) is 3.40. The molecule has 0 radical (unpaired) electrons. The molecule has 1 aromatic carbocycles. The topological polar surface area (TPSA) is 29.1 Å². The molecule has 1 aromatic rings. The number of carbonyl (C=O) groups excluding carboxylic acids is 1. The quantitative estimate of drug-likeness (QED) is 0.659. The normalized spacial score (nSPS) is 11.2. The Morgan fingerprint density at radius 1 is 1.38 bits per heavy atom. The zero-order chi connectivity index (χ0) is 12.2. The van der Waals surface area contributed by atoms with Crippen LogP contribution in [0.5, 0.6) is 0 Å². The number of amides is 1. The number of hydrogen-bond donors (Lipinski definition) is 1. The van der Waals surface area contributed by atoms with Crippen molar-refractivity contribution in [2.24, 2.45) is 0 Å². The Balaban J connectivity index is 2.65. The predicted octanol–water partition coefficient (Wildman–Crippen LogP) is 3.61. The number of alkyl halides is 3. The molecule has 0 aliphatic carbocycles. The number of rotatable bonds is 4. The van der Waals surface area contributed by atoms with Crippen molar-refractivity contribution >= 4 is 34.2 Å². The van der Waals surface area contributed by atoms with Crippen molar-refractivity contribution in [2.75, 3.05) is 5.32 Å². The molecule has 1 amide bonds. The second kappa shape index (κ2) is 5.56. The summed E-state index contributed by atoms with van der Waals surface area (Å²) in [5.41, 5.74) is 1.52. The summed E-state index contributed by atoms with van der Waals surface area (Å²) < 4.78 is 21.8. The van der Waals surface area contributed by atoms with E-state index in [0.717, 1.165) is 41.0 Å². The van der Waals surface area contributed by atoms with Gasteiger partial charge < -0.3 is 5.32 Å². The molecule has 0 atom stereocenters. The van der Waals surface area contributed by atoms with Crippen LogP contribution in [-0.2, 0) is 11.2 Å². The Morgan fingerprint density at radius 3 is 2.38 bits per heavy atom. The smallest absolute Gasteiger partial charge is 0.320 e. The highest BCUT2D eigenvalue weighted by Crippen LogP contribution is 2.24. The highest BCUT2D eigenvalue weighted by atomic mass is 127. The number of halogens is 3. The molecule has 0 bridgehead atoms. The van der Waals surface area contributed by atoms with E-state index in [1.54, 1.807) is 12.1 Å². The molecule has 0 saturated carbocycles. The summed E-state index contributed by atoms with van der Waals surface area (Å²) in [7, 11) is 0. The highest BCUT2D eigenvalue weighted by Gasteiger charge is 2.34. The van der Waals surface area contributed by atoms with Gasteiger partial charge in [0.1, 0.15) is 0 Å². The van der Waals surface area contributed by atoms with Gasteiger partial charge in [0, 0.05) is 28.3 Å². The van der Waals surface area contributed by atoms with Gasteiger partial charge in [-0.1, -0.05) is 25.5 Å². The van der Waals surface area contributed by atoms with E-state index in [0.29, 0.717) is 5.69 Å². The third-order valence-electron chi connectivity index (χ3n) is 2.01. The average molecular weight is 339 g/mol. The van der Waals surface area contributed by atoms with Crippen LogP contribution in [0.15, 0.2) is 24.3 Å². The van der Waals surface area contributed by atoms with Crippen molar-refractivity contribution in [3.63, 3.8) is 0 Å². The first-order valence-electron chi connectivity index (χ1n) is 4.90. The van der Waals surface area contributed by atoms with Crippen LogP contribution in [0.3, 0.4) is 0 Å². The van der Waals surface area contributed by atoms with Gasteiger partial charge in [-0.2, -0.15) is 8.78 Å². The lowest BCUT2D eigenvalue weighted by Gasteiger charge is -2.09. The summed E-state index contributed by atoms with van der Waals surface area (Å²) in [6, 6.07) is 6.91. The zero-order valence-corrected chi connectivity index (χ0v) is 10.9. The number of hydrogen-bond acceptors (Lipinski definition) is 1. The van der Waals surface area contributed by atoms with Crippen molar-refractivity contribution in [2.45, 2.75) is 23.7 Å². The number of benzene rings is 1. The lowest BCUT2D eigenvalue weighted by Crippen LogP contribution is -2.28. The SMILES string of the molecule is CCCc1ccc(NC(=O)C(F)(F)I)cc1. The molecular formula is C11H12F2INO. The molecule has 0 unspecified atom stereocenters.